The van der Waals surface area contributed by atoms with Crippen molar-refractivity contribution in [2.75, 3.05) is 0 Å². The minimum atomic E-state index is -0.140. The quantitative estimate of drug-likeness (QED) is 0.197. The SMILES string of the molecule is Oc1cc(-[n+]2ccccc2)c(O)cc1-c1cc(O)c(-[n+]2ccccc2)cc1O.[Cl-].[Cl-]. The number of aromatic nitrogens is 2. The van der Waals surface area contributed by atoms with E-state index in [9.17, 15) is 20.4 Å². The number of benzene rings is 2. The number of pyridine rings is 2. The number of halogens is 2. The number of phenolic OH excluding ortho intramolecular Hbond substituents is 4. The smallest absolute Gasteiger partial charge is 0.256 e. The first kappa shape index (κ1) is 22.8. The highest BCUT2D eigenvalue weighted by molar-refractivity contribution is 5.80. The van der Waals surface area contributed by atoms with E-state index in [1.165, 1.54) is 24.3 Å². The molecular weight excluding hydrogens is 427 g/mol. The summed E-state index contributed by atoms with van der Waals surface area (Å²) in [5, 5.41) is 41.9. The molecule has 0 saturated carbocycles. The summed E-state index contributed by atoms with van der Waals surface area (Å²) >= 11 is 0. The molecule has 4 rings (SSSR count). The number of hydrogen-bond acceptors (Lipinski definition) is 4. The summed E-state index contributed by atoms with van der Waals surface area (Å²) in [6.45, 7) is 0. The highest BCUT2D eigenvalue weighted by Gasteiger charge is 2.22. The summed E-state index contributed by atoms with van der Waals surface area (Å²) in [4.78, 5) is 0. The molecule has 0 radical (unpaired) electrons. The van der Waals surface area contributed by atoms with Crippen LogP contribution in [0.5, 0.6) is 23.0 Å². The number of rotatable bonds is 3. The van der Waals surface area contributed by atoms with Crippen molar-refractivity contribution < 1.29 is 54.4 Å². The maximum Gasteiger partial charge on any atom is 0.256 e. The van der Waals surface area contributed by atoms with Crippen LogP contribution >= 0.6 is 0 Å². The van der Waals surface area contributed by atoms with E-state index in [0.29, 0.717) is 11.4 Å². The Balaban J connectivity index is 0.00000160. The van der Waals surface area contributed by atoms with Crippen LogP contribution in [0, 0.1) is 0 Å². The predicted molar refractivity (Wildman–Crippen MR) is 102 cm³/mol. The largest absolute Gasteiger partial charge is 1.00 e. The van der Waals surface area contributed by atoms with Crippen LogP contribution in [0.2, 0.25) is 0 Å². The molecule has 0 bridgehead atoms. The first-order valence-corrected chi connectivity index (χ1v) is 8.60. The van der Waals surface area contributed by atoms with Gasteiger partial charge in [-0.15, -0.1) is 0 Å². The van der Waals surface area contributed by atoms with Crippen LogP contribution in [0.4, 0.5) is 0 Å². The Morgan fingerprint density at radius 2 is 0.767 bits per heavy atom. The molecule has 0 aliphatic carbocycles. The summed E-state index contributed by atoms with van der Waals surface area (Å²) in [6, 6.07) is 16.4. The van der Waals surface area contributed by atoms with Crippen LogP contribution in [0.3, 0.4) is 0 Å². The van der Waals surface area contributed by atoms with E-state index in [0.717, 1.165) is 0 Å². The van der Waals surface area contributed by atoms with Crippen LogP contribution in [0.25, 0.3) is 22.5 Å². The van der Waals surface area contributed by atoms with E-state index in [1.54, 1.807) is 58.2 Å². The Morgan fingerprint density at radius 3 is 1.10 bits per heavy atom. The Labute approximate surface area is 185 Å². The molecule has 30 heavy (non-hydrogen) atoms. The van der Waals surface area contributed by atoms with Gasteiger partial charge in [0.15, 0.2) is 36.3 Å². The first-order chi connectivity index (χ1) is 13.5. The monoisotopic (exact) mass is 444 g/mol. The van der Waals surface area contributed by atoms with Crippen molar-refractivity contribution in [2.24, 2.45) is 0 Å². The first-order valence-electron chi connectivity index (χ1n) is 8.60. The van der Waals surface area contributed by atoms with Crippen LogP contribution in [-0.4, -0.2) is 20.4 Å². The van der Waals surface area contributed by atoms with Gasteiger partial charge in [0.1, 0.15) is 11.5 Å². The van der Waals surface area contributed by atoms with Gasteiger partial charge in [0, 0.05) is 35.4 Å². The summed E-state index contributed by atoms with van der Waals surface area (Å²) in [5.41, 5.74) is 1.19. The van der Waals surface area contributed by atoms with Crippen molar-refractivity contribution in [3.05, 3.63) is 85.5 Å². The van der Waals surface area contributed by atoms with Gasteiger partial charge in [-0.25, -0.2) is 0 Å². The average molecular weight is 445 g/mol. The molecule has 2 aromatic carbocycles. The summed E-state index contributed by atoms with van der Waals surface area (Å²) in [7, 11) is 0. The molecule has 4 aromatic rings. The molecule has 4 N–H and O–H groups in total. The molecule has 8 heteroatoms. The van der Waals surface area contributed by atoms with Gasteiger partial charge in [0.25, 0.3) is 11.4 Å². The second kappa shape index (κ2) is 9.35. The zero-order chi connectivity index (χ0) is 19.7. The average Bonchev–Trinajstić information content (AvgIpc) is 2.72. The molecule has 0 aliphatic rings. The zero-order valence-corrected chi connectivity index (χ0v) is 17.0. The van der Waals surface area contributed by atoms with Gasteiger partial charge in [0.05, 0.1) is 12.1 Å². The van der Waals surface area contributed by atoms with E-state index in [-0.39, 0.29) is 58.9 Å². The van der Waals surface area contributed by atoms with Crippen molar-refractivity contribution in [2.45, 2.75) is 0 Å². The van der Waals surface area contributed by atoms with Crippen LogP contribution in [-0.2, 0) is 0 Å². The molecule has 2 heterocycles. The van der Waals surface area contributed by atoms with Crippen molar-refractivity contribution in [1.82, 2.24) is 0 Å². The van der Waals surface area contributed by atoms with Crippen LogP contribution in [0.1, 0.15) is 0 Å². The number of aromatic hydroxyl groups is 4. The van der Waals surface area contributed by atoms with E-state index < -0.39 is 0 Å². The van der Waals surface area contributed by atoms with Crippen molar-refractivity contribution >= 4 is 0 Å². The number of nitrogens with zero attached hydrogens (tertiary/aromatic N) is 2. The third kappa shape index (κ3) is 4.25. The van der Waals surface area contributed by atoms with Gasteiger partial charge in [-0.05, 0) is 12.1 Å². The van der Waals surface area contributed by atoms with E-state index in [4.69, 9.17) is 0 Å². The second-order valence-electron chi connectivity index (χ2n) is 6.28. The van der Waals surface area contributed by atoms with E-state index in [1.807, 2.05) is 12.1 Å². The fraction of sp³-hybridized carbons (Fsp3) is 0. The number of phenols is 4. The van der Waals surface area contributed by atoms with Gasteiger partial charge in [-0.1, -0.05) is 12.1 Å². The lowest BCUT2D eigenvalue weighted by Gasteiger charge is -2.10. The third-order valence-electron chi connectivity index (χ3n) is 4.46. The molecule has 0 unspecified atom stereocenters. The Morgan fingerprint density at radius 1 is 0.433 bits per heavy atom. The lowest BCUT2D eigenvalue weighted by molar-refractivity contribution is -0.596. The summed E-state index contributed by atoms with van der Waals surface area (Å²) in [5.74, 6) is -0.438. The van der Waals surface area contributed by atoms with Gasteiger partial charge in [0.2, 0.25) is 0 Å². The lowest BCUT2D eigenvalue weighted by Crippen LogP contribution is -3.00. The van der Waals surface area contributed by atoms with Gasteiger partial charge in [-0.3, -0.25) is 0 Å². The maximum atomic E-state index is 10.5. The van der Waals surface area contributed by atoms with Crippen molar-refractivity contribution in [3.63, 3.8) is 0 Å². The maximum absolute atomic E-state index is 10.5. The number of hydrogen-bond donors (Lipinski definition) is 4. The summed E-state index contributed by atoms with van der Waals surface area (Å²) < 4.78 is 3.32. The molecule has 0 spiro atoms. The highest BCUT2D eigenvalue weighted by Crippen LogP contribution is 2.41. The van der Waals surface area contributed by atoms with E-state index >= 15 is 0 Å². The Hall–Kier alpha value is -3.48. The molecule has 0 saturated heterocycles. The second-order valence-corrected chi connectivity index (χ2v) is 6.28. The zero-order valence-electron chi connectivity index (χ0n) is 15.5. The molecule has 0 fully saturated rings. The molecule has 6 nitrogen and oxygen atoms in total. The molecule has 0 aliphatic heterocycles. The minimum Gasteiger partial charge on any atom is -1.00 e. The van der Waals surface area contributed by atoms with Crippen molar-refractivity contribution in [3.8, 4) is 45.5 Å². The minimum absolute atomic E-state index is 0. The Bertz CT molecular complexity index is 1060. The topological polar surface area (TPSA) is 88.7 Å². The third-order valence-corrected chi connectivity index (χ3v) is 4.46. The van der Waals surface area contributed by atoms with Crippen molar-refractivity contribution in [1.29, 1.82) is 0 Å². The molecule has 0 atom stereocenters. The molecule has 154 valence electrons. The lowest BCUT2D eigenvalue weighted by atomic mass is 10.0. The van der Waals surface area contributed by atoms with E-state index in [2.05, 4.69) is 0 Å². The molecule has 2 aromatic heterocycles. The van der Waals surface area contributed by atoms with Gasteiger partial charge in [-0.2, -0.15) is 9.13 Å². The van der Waals surface area contributed by atoms with Gasteiger partial charge < -0.3 is 45.2 Å². The normalized spacial score (nSPS) is 10.0. The fourth-order valence-corrected chi connectivity index (χ4v) is 3.10. The van der Waals surface area contributed by atoms with Gasteiger partial charge >= 0.3 is 0 Å². The van der Waals surface area contributed by atoms with Crippen LogP contribution in [0.15, 0.2) is 85.5 Å². The summed E-state index contributed by atoms with van der Waals surface area (Å²) in [6.07, 6.45) is 6.96. The standard InChI is InChI=1S/C22H16N2O4.2ClH/c25-19-13-17(23-7-3-1-4-8-23)21(27)11-15(19)16-12-22(28)18(14-20(16)26)24-9-5-2-6-10-24;;/h1-14H,(H2-2,25,26,27,28);2*1H. The fourth-order valence-electron chi connectivity index (χ4n) is 3.10. The Kier molecular flexibility index (Phi) is 7.10. The van der Waals surface area contributed by atoms with Crippen LogP contribution < -0.4 is 33.9 Å². The molecular formula is C22H18Cl2N2O4. The predicted octanol–water partition coefficient (Wildman–Crippen LogP) is -3.26. The highest BCUT2D eigenvalue weighted by atomic mass is 35.5. The molecule has 0 amide bonds.